The molecule has 0 aliphatic heterocycles. The van der Waals surface area contributed by atoms with Crippen molar-refractivity contribution in [1.82, 2.24) is 15.3 Å². The number of hydrogen-bond acceptors (Lipinski definition) is 8. The molecule has 2 aromatic rings. The second kappa shape index (κ2) is 11.7. The summed E-state index contributed by atoms with van der Waals surface area (Å²) >= 11 is 3.52. The molecule has 3 N–H and O–H groups in total. The summed E-state index contributed by atoms with van der Waals surface area (Å²) in [4.78, 5) is 31.5. The molecule has 35 heavy (non-hydrogen) atoms. The highest BCUT2D eigenvalue weighted by molar-refractivity contribution is 9.10. The predicted octanol–water partition coefficient (Wildman–Crippen LogP) is 5.56. The number of anilines is 2. The maximum absolute atomic E-state index is 12.0. The summed E-state index contributed by atoms with van der Waals surface area (Å²) in [7, 11) is 0. The molecule has 0 bridgehead atoms. The van der Waals surface area contributed by atoms with Gasteiger partial charge in [0.2, 0.25) is 11.8 Å². The molecule has 3 rings (SSSR count). The zero-order chi connectivity index (χ0) is 25.6. The van der Waals surface area contributed by atoms with Gasteiger partial charge >= 0.3 is 11.8 Å². The zero-order valence-electron chi connectivity index (χ0n) is 20.6. The summed E-state index contributed by atoms with van der Waals surface area (Å²) in [6, 6.07) is 6.01. The highest BCUT2D eigenvalue weighted by Crippen LogP contribution is 2.28. The number of rotatable bonds is 8. The van der Waals surface area contributed by atoms with Crippen LogP contribution in [0.5, 0.6) is 0 Å². The molecule has 0 saturated heterocycles. The Morgan fingerprint density at radius 3 is 2.60 bits per heavy atom. The number of aromatic nitrogens is 2. The Bertz CT molecular complexity index is 1050. The van der Waals surface area contributed by atoms with Crippen molar-refractivity contribution in [2.45, 2.75) is 71.6 Å². The number of hydrogen-bond donors (Lipinski definition) is 3. The van der Waals surface area contributed by atoms with E-state index in [9.17, 15) is 14.9 Å². The maximum atomic E-state index is 12.0. The minimum Gasteiger partial charge on any atom is -0.444 e. The van der Waals surface area contributed by atoms with E-state index in [2.05, 4.69) is 41.8 Å². The lowest BCUT2D eigenvalue weighted by molar-refractivity contribution is -0.384. The Morgan fingerprint density at radius 2 is 1.94 bits per heavy atom. The number of carbonyl (C=O) groups is 1. The molecule has 1 aliphatic rings. The van der Waals surface area contributed by atoms with Gasteiger partial charge in [-0.25, -0.2) is 9.78 Å². The van der Waals surface area contributed by atoms with Gasteiger partial charge in [-0.15, -0.1) is 0 Å². The van der Waals surface area contributed by atoms with Crippen LogP contribution < -0.4 is 16.0 Å². The van der Waals surface area contributed by atoms with Crippen molar-refractivity contribution in [3.05, 3.63) is 50.1 Å². The van der Waals surface area contributed by atoms with Gasteiger partial charge in [-0.3, -0.25) is 10.1 Å². The monoisotopic (exact) mass is 548 g/mol. The van der Waals surface area contributed by atoms with Crippen molar-refractivity contribution >= 4 is 39.5 Å². The van der Waals surface area contributed by atoms with E-state index in [1.165, 1.54) is 6.20 Å². The second-order valence-electron chi connectivity index (χ2n) is 9.81. The van der Waals surface area contributed by atoms with E-state index in [0.717, 1.165) is 41.3 Å². The molecule has 1 fully saturated rings. The van der Waals surface area contributed by atoms with E-state index in [1.807, 2.05) is 45.9 Å². The van der Waals surface area contributed by atoms with Crippen molar-refractivity contribution in [3.8, 4) is 0 Å². The quantitative estimate of drug-likeness (QED) is 0.288. The van der Waals surface area contributed by atoms with Crippen molar-refractivity contribution in [2.24, 2.45) is 5.92 Å². The average molecular weight is 549 g/mol. The van der Waals surface area contributed by atoms with Crippen LogP contribution in [-0.2, 0) is 11.3 Å². The van der Waals surface area contributed by atoms with E-state index in [-0.39, 0.29) is 17.5 Å². The summed E-state index contributed by atoms with van der Waals surface area (Å²) in [6.07, 6.45) is 4.27. The molecule has 0 spiro atoms. The van der Waals surface area contributed by atoms with Crippen LogP contribution in [0.3, 0.4) is 0 Å². The third-order valence-corrected chi connectivity index (χ3v) is 6.77. The van der Waals surface area contributed by atoms with Crippen LogP contribution in [0.1, 0.15) is 57.6 Å². The van der Waals surface area contributed by atoms with Gasteiger partial charge in [0, 0.05) is 23.6 Å². The first-order chi connectivity index (χ1) is 16.5. The number of halogens is 1. The van der Waals surface area contributed by atoms with Crippen molar-refractivity contribution in [3.63, 3.8) is 0 Å². The van der Waals surface area contributed by atoms with Crippen LogP contribution in [0.2, 0.25) is 0 Å². The van der Waals surface area contributed by atoms with Crippen LogP contribution in [0.4, 0.5) is 22.2 Å². The van der Waals surface area contributed by atoms with Crippen LogP contribution in [0, 0.1) is 23.0 Å². The van der Waals surface area contributed by atoms with Crippen molar-refractivity contribution in [2.75, 3.05) is 17.2 Å². The van der Waals surface area contributed by atoms with Gasteiger partial charge in [0.25, 0.3) is 0 Å². The highest BCUT2D eigenvalue weighted by Gasteiger charge is 2.26. The summed E-state index contributed by atoms with van der Waals surface area (Å²) in [6.45, 7) is 8.58. The molecule has 0 radical (unpaired) electrons. The summed E-state index contributed by atoms with van der Waals surface area (Å²) in [5, 5.41) is 20.7. The number of amides is 1. The third kappa shape index (κ3) is 8.05. The van der Waals surface area contributed by atoms with E-state index < -0.39 is 16.6 Å². The number of alkyl carbamates (subject to hydrolysis) is 1. The van der Waals surface area contributed by atoms with Gasteiger partial charge in [-0.05, 0) is 76.5 Å². The van der Waals surface area contributed by atoms with Gasteiger partial charge in [-0.1, -0.05) is 28.1 Å². The Labute approximate surface area is 213 Å². The van der Waals surface area contributed by atoms with Crippen LogP contribution >= 0.6 is 15.9 Å². The molecule has 10 nitrogen and oxygen atoms in total. The first kappa shape index (κ1) is 26.7. The molecule has 1 aromatic heterocycles. The molecule has 0 atom stereocenters. The molecule has 1 saturated carbocycles. The Kier molecular flexibility index (Phi) is 8.87. The van der Waals surface area contributed by atoms with Gasteiger partial charge in [-0.2, -0.15) is 4.98 Å². The van der Waals surface area contributed by atoms with Crippen molar-refractivity contribution < 1.29 is 14.5 Å². The number of nitrogens with one attached hydrogen (secondary N) is 3. The Morgan fingerprint density at radius 1 is 1.23 bits per heavy atom. The van der Waals surface area contributed by atoms with Gasteiger partial charge in [0.05, 0.1) is 4.92 Å². The summed E-state index contributed by atoms with van der Waals surface area (Å²) < 4.78 is 6.34. The fraction of sp³-hybridized carbons (Fsp3) is 0.542. The third-order valence-electron chi connectivity index (χ3n) is 5.91. The summed E-state index contributed by atoms with van der Waals surface area (Å²) in [5.74, 6) is 0.845. The molecule has 190 valence electrons. The van der Waals surface area contributed by atoms with Crippen LogP contribution in [0.25, 0.3) is 0 Å². The lowest BCUT2D eigenvalue weighted by Crippen LogP contribution is -2.41. The second-order valence-corrected chi connectivity index (χ2v) is 10.7. The predicted molar refractivity (Wildman–Crippen MR) is 138 cm³/mol. The zero-order valence-corrected chi connectivity index (χ0v) is 22.1. The minimum absolute atomic E-state index is 0.0757. The van der Waals surface area contributed by atoms with E-state index >= 15 is 0 Å². The number of nitro groups is 1. The number of benzene rings is 1. The fourth-order valence-electron chi connectivity index (χ4n) is 3.97. The largest absolute Gasteiger partial charge is 0.444 e. The average Bonchev–Trinajstić information content (AvgIpc) is 2.78. The normalized spacial score (nSPS) is 18.0. The van der Waals surface area contributed by atoms with Gasteiger partial charge < -0.3 is 20.7 Å². The molecule has 0 unspecified atom stereocenters. The van der Waals surface area contributed by atoms with E-state index in [0.29, 0.717) is 25.0 Å². The molecule has 1 amide bonds. The Hall–Kier alpha value is -2.95. The number of nitrogens with zero attached hydrogens (tertiary/aromatic N) is 3. The molecule has 11 heteroatoms. The lowest BCUT2D eigenvalue weighted by Gasteiger charge is -2.30. The molecule has 1 aromatic carbocycles. The van der Waals surface area contributed by atoms with Gasteiger partial charge in [0.1, 0.15) is 11.8 Å². The van der Waals surface area contributed by atoms with Gasteiger partial charge in [0.15, 0.2) is 0 Å². The molecule has 1 aliphatic carbocycles. The molecular formula is C24H33BrN6O4. The SMILES string of the molecule is Cc1c(Br)cccc1CNc1ncc([N+](=O)[O-])c(NCC2CCC(NC(=O)OC(C)(C)C)CC2)n1. The lowest BCUT2D eigenvalue weighted by atomic mass is 9.86. The maximum Gasteiger partial charge on any atom is 0.407 e. The van der Waals surface area contributed by atoms with Crippen LogP contribution in [0.15, 0.2) is 28.9 Å². The number of ether oxygens (including phenoxy) is 1. The molecule has 1 heterocycles. The minimum atomic E-state index is -0.526. The summed E-state index contributed by atoms with van der Waals surface area (Å²) in [5.41, 5.74) is 1.50. The first-order valence-electron chi connectivity index (χ1n) is 11.7. The van der Waals surface area contributed by atoms with Crippen LogP contribution in [-0.4, -0.2) is 39.2 Å². The van der Waals surface area contributed by atoms with E-state index in [4.69, 9.17) is 4.74 Å². The smallest absolute Gasteiger partial charge is 0.407 e. The van der Waals surface area contributed by atoms with Crippen molar-refractivity contribution in [1.29, 1.82) is 0 Å². The van der Waals surface area contributed by atoms with E-state index in [1.54, 1.807) is 0 Å². The fourth-order valence-corrected chi connectivity index (χ4v) is 4.38. The highest BCUT2D eigenvalue weighted by atomic mass is 79.9. The standard InChI is InChI=1S/C24H33BrN6O4/c1-15-17(6-5-7-19(15)25)13-27-22-28-14-20(31(33)34)21(30-22)26-12-16-8-10-18(11-9-16)29-23(32)35-24(2,3)4/h5-7,14,16,18H,8-13H2,1-4H3,(H,29,32)(H2,26,27,28,30). The number of carbonyl (C=O) groups excluding carboxylic acids is 1. The first-order valence-corrected chi connectivity index (χ1v) is 12.5. The topological polar surface area (TPSA) is 131 Å². The molecular weight excluding hydrogens is 516 g/mol. The Balaban J connectivity index is 1.55.